The van der Waals surface area contributed by atoms with Gasteiger partial charge >= 0.3 is 6.09 Å². The Morgan fingerprint density at radius 3 is 3.09 bits per heavy atom. The van der Waals surface area contributed by atoms with E-state index in [-0.39, 0.29) is 0 Å². The highest BCUT2D eigenvalue weighted by atomic mass is 127. The first kappa shape index (κ1) is 8.65. The van der Waals surface area contributed by atoms with E-state index in [0.717, 1.165) is 6.42 Å². The molecule has 0 unspecified atom stereocenters. The van der Waals surface area contributed by atoms with Crippen molar-refractivity contribution in [2.24, 2.45) is 11.8 Å². The van der Waals surface area contributed by atoms with E-state index < -0.39 is 6.09 Å². The van der Waals surface area contributed by atoms with Crippen molar-refractivity contribution in [3.63, 3.8) is 0 Å². The molecule has 0 radical (unpaired) electrons. The Bertz CT molecular complexity index is 218. The molecule has 1 fully saturated rings. The van der Waals surface area contributed by atoms with Gasteiger partial charge in [-0.1, -0.05) is 5.92 Å². The predicted octanol–water partition coefficient (Wildman–Crippen LogP) is 1.29. The van der Waals surface area contributed by atoms with Crippen molar-refractivity contribution >= 4 is 28.7 Å². The number of hydrogen-bond donors (Lipinski definition) is 2. The number of nitrogens with one attached hydrogen (secondary N) is 1. The molecule has 1 aliphatic rings. The second-order valence-corrected chi connectivity index (χ2v) is 3.07. The van der Waals surface area contributed by atoms with Crippen LogP contribution in [0.3, 0.4) is 0 Å². The number of amides is 1. The van der Waals surface area contributed by atoms with Crippen LogP contribution in [0.4, 0.5) is 4.79 Å². The molecule has 11 heavy (non-hydrogen) atoms. The van der Waals surface area contributed by atoms with Gasteiger partial charge in [-0.3, -0.25) is 0 Å². The van der Waals surface area contributed by atoms with Gasteiger partial charge < -0.3 is 10.4 Å². The van der Waals surface area contributed by atoms with Crippen molar-refractivity contribution in [1.29, 1.82) is 0 Å². The molecule has 0 saturated heterocycles. The highest BCUT2D eigenvalue weighted by molar-refractivity contribution is 14.1. The van der Waals surface area contributed by atoms with Crippen LogP contribution in [0.1, 0.15) is 6.42 Å². The van der Waals surface area contributed by atoms with Crippen LogP contribution >= 0.6 is 22.6 Å². The van der Waals surface area contributed by atoms with E-state index in [4.69, 9.17) is 5.11 Å². The molecule has 0 aliphatic heterocycles. The molecule has 1 rings (SSSR count). The average molecular weight is 265 g/mol. The smallest absolute Gasteiger partial charge is 0.404 e. The summed E-state index contributed by atoms with van der Waals surface area (Å²) in [7, 11) is 0. The SMILES string of the molecule is O=C(O)NC[C@@H]1C[C@H]1C#CI. The summed E-state index contributed by atoms with van der Waals surface area (Å²) in [5, 5.41) is 10.6. The van der Waals surface area contributed by atoms with Crippen molar-refractivity contribution < 1.29 is 9.90 Å². The molecule has 60 valence electrons. The van der Waals surface area contributed by atoms with Crippen LogP contribution in [-0.4, -0.2) is 17.7 Å². The quantitative estimate of drug-likeness (QED) is 0.583. The second kappa shape index (κ2) is 3.81. The third kappa shape index (κ3) is 2.97. The summed E-state index contributed by atoms with van der Waals surface area (Å²) in [5.74, 6) is 3.88. The second-order valence-electron chi connectivity index (χ2n) is 2.53. The average Bonchev–Trinajstić information content (AvgIpc) is 2.64. The Morgan fingerprint density at radius 1 is 1.82 bits per heavy atom. The summed E-state index contributed by atoms with van der Waals surface area (Å²) in [5.41, 5.74) is 0. The third-order valence-electron chi connectivity index (χ3n) is 1.68. The van der Waals surface area contributed by atoms with E-state index in [1.54, 1.807) is 0 Å². The molecule has 0 aromatic rings. The fourth-order valence-corrected chi connectivity index (χ4v) is 1.34. The number of halogens is 1. The fraction of sp³-hybridized carbons (Fsp3) is 0.571. The normalized spacial score (nSPS) is 26.6. The Hall–Kier alpha value is -0.440. The predicted molar refractivity (Wildman–Crippen MR) is 49.4 cm³/mol. The van der Waals surface area contributed by atoms with Crippen LogP contribution in [0.25, 0.3) is 0 Å². The number of rotatable bonds is 2. The van der Waals surface area contributed by atoms with Crippen LogP contribution in [0.2, 0.25) is 0 Å². The Balaban J connectivity index is 2.12. The zero-order valence-electron chi connectivity index (χ0n) is 5.80. The summed E-state index contributed by atoms with van der Waals surface area (Å²) in [4.78, 5) is 10.0. The van der Waals surface area contributed by atoms with Crippen LogP contribution < -0.4 is 5.32 Å². The topological polar surface area (TPSA) is 49.3 Å². The van der Waals surface area contributed by atoms with Gasteiger partial charge in [0.1, 0.15) is 0 Å². The van der Waals surface area contributed by atoms with Gasteiger partial charge in [-0.05, 0) is 16.3 Å². The largest absolute Gasteiger partial charge is 0.465 e. The zero-order chi connectivity index (χ0) is 8.27. The Morgan fingerprint density at radius 2 is 2.55 bits per heavy atom. The van der Waals surface area contributed by atoms with Crippen molar-refractivity contribution in [2.75, 3.05) is 6.54 Å². The summed E-state index contributed by atoms with van der Waals surface area (Å²) < 4.78 is 2.79. The van der Waals surface area contributed by atoms with Gasteiger partial charge in [0.15, 0.2) is 0 Å². The van der Waals surface area contributed by atoms with E-state index in [0.29, 0.717) is 18.4 Å². The van der Waals surface area contributed by atoms with E-state index in [2.05, 4.69) is 15.2 Å². The lowest BCUT2D eigenvalue weighted by atomic mass is 10.3. The van der Waals surface area contributed by atoms with Crippen LogP contribution in [0.5, 0.6) is 0 Å². The Labute approximate surface area is 78.7 Å². The summed E-state index contributed by atoms with van der Waals surface area (Å²) >= 11 is 2.00. The molecule has 0 spiro atoms. The monoisotopic (exact) mass is 265 g/mol. The maximum Gasteiger partial charge on any atom is 0.404 e. The first-order valence-corrected chi connectivity index (χ1v) is 4.40. The molecule has 1 aliphatic carbocycles. The van der Waals surface area contributed by atoms with E-state index in [1.165, 1.54) is 0 Å². The molecule has 1 saturated carbocycles. The molecule has 0 aromatic carbocycles. The van der Waals surface area contributed by atoms with Gasteiger partial charge in [-0.2, -0.15) is 0 Å². The van der Waals surface area contributed by atoms with E-state index in [9.17, 15) is 4.79 Å². The molecule has 2 atom stereocenters. The Kier molecular flexibility index (Phi) is 3.00. The number of carbonyl (C=O) groups is 1. The minimum atomic E-state index is -0.946. The maximum absolute atomic E-state index is 10.0. The van der Waals surface area contributed by atoms with E-state index >= 15 is 0 Å². The molecule has 3 nitrogen and oxygen atoms in total. The highest BCUT2D eigenvalue weighted by Crippen LogP contribution is 2.37. The molecule has 0 aromatic heterocycles. The minimum Gasteiger partial charge on any atom is -0.465 e. The minimum absolute atomic E-state index is 0.429. The van der Waals surface area contributed by atoms with Crippen LogP contribution in [-0.2, 0) is 0 Å². The van der Waals surface area contributed by atoms with Crippen LogP contribution in [0.15, 0.2) is 0 Å². The van der Waals surface area contributed by atoms with Crippen molar-refractivity contribution in [2.45, 2.75) is 6.42 Å². The third-order valence-corrected chi connectivity index (χ3v) is 1.99. The molecule has 1 amide bonds. The lowest BCUT2D eigenvalue weighted by Crippen LogP contribution is -2.23. The first-order valence-electron chi connectivity index (χ1n) is 3.32. The van der Waals surface area contributed by atoms with Gasteiger partial charge in [-0.15, -0.1) is 0 Å². The molecular formula is C7H8INO2. The van der Waals surface area contributed by atoms with Crippen molar-refractivity contribution in [3.8, 4) is 9.85 Å². The van der Waals surface area contributed by atoms with Gasteiger partial charge in [0.2, 0.25) is 0 Å². The fourth-order valence-electron chi connectivity index (χ4n) is 0.938. The van der Waals surface area contributed by atoms with Crippen molar-refractivity contribution in [1.82, 2.24) is 5.32 Å². The van der Waals surface area contributed by atoms with E-state index in [1.807, 2.05) is 22.6 Å². The maximum atomic E-state index is 10.0. The summed E-state index contributed by atoms with van der Waals surface area (Å²) in [6.45, 7) is 0.547. The summed E-state index contributed by atoms with van der Waals surface area (Å²) in [6.07, 6.45) is 0.0918. The molecule has 2 N–H and O–H groups in total. The number of hydrogen-bond acceptors (Lipinski definition) is 1. The molecular weight excluding hydrogens is 257 g/mol. The molecule has 4 heteroatoms. The highest BCUT2D eigenvalue weighted by Gasteiger charge is 2.35. The first-order chi connectivity index (χ1) is 5.24. The number of carboxylic acid groups (broad SMARTS) is 1. The van der Waals surface area contributed by atoms with Gasteiger partial charge in [0, 0.05) is 35.1 Å². The van der Waals surface area contributed by atoms with Gasteiger partial charge in [-0.25, -0.2) is 4.79 Å². The lowest BCUT2D eigenvalue weighted by molar-refractivity contribution is 0.194. The lowest BCUT2D eigenvalue weighted by Gasteiger charge is -1.95. The molecule has 0 heterocycles. The summed E-state index contributed by atoms with van der Waals surface area (Å²) in [6, 6.07) is 0. The van der Waals surface area contributed by atoms with Crippen LogP contribution in [0, 0.1) is 21.7 Å². The standard InChI is InChI=1S/C7H8INO2/c8-2-1-5-3-6(5)4-9-7(10)11/h5-6,9H,3-4H2,(H,10,11)/t5-,6+/m1/s1. The van der Waals surface area contributed by atoms with Crippen molar-refractivity contribution in [3.05, 3.63) is 0 Å². The van der Waals surface area contributed by atoms with Gasteiger partial charge in [0.05, 0.1) is 0 Å². The zero-order valence-corrected chi connectivity index (χ0v) is 7.96. The van der Waals surface area contributed by atoms with Gasteiger partial charge in [0.25, 0.3) is 0 Å². The molecule has 0 bridgehead atoms.